The van der Waals surface area contributed by atoms with E-state index in [9.17, 15) is 8.42 Å². The Kier molecular flexibility index (Phi) is 3.82. The molecule has 0 atom stereocenters. The van der Waals surface area contributed by atoms with Crippen LogP contribution in [0.3, 0.4) is 0 Å². The second-order valence-corrected chi connectivity index (χ2v) is 5.97. The highest BCUT2D eigenvalue weighted by Gasteiger charge is 2.08. The normalized spacial score (nSPS) is 11.5. The largest absolute Gasteiger partial charge is 0.406 e. The number of benzene rings is 1. The molecule has 7 nitrogen and oxygen atoms in total. The van der Waals surface area contributed by atoms with Crippen molar-refractivity contribution in [2.24, 2.45) is 0 Å². The van der Waals surface area contributed by atoms with Crippen molar-refractivity contribution in [3.05, 3.63) is 30.2 Å². The predicted octanol–water partition coefficient (Wildman–Crippen LogP) is 0.936. The van der Waals surface area contributed by atoms with Gasteiger partial charge in [-0.05, 0) is 31.3 Å². The smallest absolute Gasteiger partial charge is 0.320 e. The molecule has 2 rings (SSSR count). The molecular formula is C11H14N4O3S. The Morgan fingerprint density at radius 2 is 1.89 bits per heavy atom. The van der Waals surface area contributed by atoms with Crippen molar-refractivity contribution >= 4 is 21.5 Å². The van der Waals surface area contributed by atoms with E-state index in [1.165, 1.54) is 12.1 Å². The Hall–Kier alpha value is -1.93. The molecule has 1 heterocycles. The maximum Gasteiger partial charge on any atom is 0.320 e. The first-order chi connectivity index (χ1) is 8.99. The molecule has 0 radical (unpaired) electrons. The third-order valence-electron chi connectivity index (χ3n) is 2.33. The number of hydrogen-bond donors (Lipinski definition) is 2. The van der Waals surface area contributed by atoms with E-state index in [-0.39, 0.29) is 10.9 Å². The molecule has 0 aliphatic rings. The maximum atomic E-state index is 11.3. The minimum absolute atomic E-state index is 0.261. The summed E-state index contributed by atoms with van der Waals surface area (Å²) in [5, 5.41) is 13.4. The average Bonchev–Trinajstić information content (AvgIpc) is 2.77. The fourth-order valence-electron chi connectivity index (χ4n) is 1.44. The lowest BCUT2D eigenvalue weighted by molar-refractivity contribution is 0.493. The van der Waals surface area contributed by atoms with Gasteiger partial charge in [0.2, 0.25) is 5.89 Å². The van der Waals surface area contributed by atoms with E-state index in [2.05, 4.69) is 20.8 Å². The van der Waals surface area contributed by atoms with Crippen LogP contribution in [0.4, 0.5) is 11.7 Å². The van der Waals surface area contributed by atoms with E-state index in [0.717, 1.165) is 6.26 Å². The second-order valence-electron chi connectivity index (χ2n) is 3.95. The molecule has 2 N–H and O–H groups in total. The van der Waals surface area contributed by atoms with Crippen LogP contribution in [0.15, 0.2) is 33.6 Å². The van der Waals surface area contributed by atoms with Crippen molar-refractivity contribution in [1.29, 1.82) is 0 Å². The number of aromatic nitrogens is 2. The number of nitrogens with one attached hydrogen (secondary N) is 2. The van der Waals surface area contributed by atoms with Crippen LogP contribution in [-0.2, 0) is 16.4 Å². The van der Waals surface area contributed by atoms with Crippen LogP contribution in [-0.4, -0.2) is 31.9 Å². The Morgan fingerprint density at radius 1 is 1.21 bits per heavy atom. The Morgan fingerprint density at radius 3 is 2.47 bits per heavy atom. The maximum absolute atomic E-state index is 11.3. The molecule has 0 unspecified atom stereocenters. The van der Waals surface area contributed by atoms with Gasteiger partial charge in [0.25, 0.3) is 0 Å². The topological polar surface area (TPSA) is 97.1 Å². The van der Waals surface area contributed by atoms with Gasteiger partial charge in [-0.2, -0.15) is 0 Å². The molecule has 0 aliphatic carbocycles. The molecule has 0 saturated carbocycles. The number of anilines is 2. The summed E-state index contributed by atoms with van der Waals surface area (Å²) in [6.45, 7) is 0.488. The molecule has 0 bridgehead atoms. The highest BCUT2D eigenvalue weighted by atomic mass is 32.2. The first-order valence-corrected chi connectivity index (χ1v) is 7.42. The van der Waals surface area contributed by atoms with Crippen molar-refractivity contribution < 1.29 is 12.8 Å². The van der Waals surface area contributed by atoms with Crippen LogP contribution in [0.1, 0.15) is 5.89 Å². The van der Waals surface area contributed by atoms with Crippen LogP contribution in [0.5, 0.6) is 0 Å². The van der Waals surface area contributed by atoms with Crippen LogP contribution < -0.4 is 10.6 Å². The van der Waals surface area contributed by atoms with Crippen LogP contribution >= 0.6 is 0 Å². The zero-order chi connectivity index (χ0) is 13.9. The Labute approximate surface area is 111 Å². The molecule has 0 amide bonds. The molecular weight excluding hydrogens is 268 g/mol. The molecule has 0 spiro atoms. The summed E-state index contributed by atoms with van der Waals surface area (Å²) in [6.07, 6.45) is 1.16. The molecule has 2 aromatic rings. The predicted molar refractivity (Wildman–Crippen MR) is 69.9 cm³/mol. The van der Waals surface area contributed by atoms with Crippen molar-refractivity contribution in [2.75, 3.05) is 18.6 Å². The minimum Gasteiger partial charge on any atom is -0.406 e. The van der Waals surface area contributed by atoms with Crippen LogP contribution in [0.2, 0.25) is 0 Å². The van der Waals surface area contributed by atoms with Crippen molar-refractivity contribution in [2.45, 2.75) is 11.4 Å². The van der Waals surface area contributed by atoms with Crippen LogP contribution in [0.25, 0.3) is 0 Å². The van der Waals surface area contributed by atoms with E-state index in [1.807, 2.05) is 0 Å². The highest BCUT2D eigenvalue weighted by molar-refractivity contribution is 7.90. The number of rotatable bonds is 5. The quantitative estimate of drug-likeness (QED) is 0.842. The SMILES string of the molecule is CNCc1nnc(Nc2ccc(S(C)(=O)=O)cc2)o1. The van der Waals surface area contributed by atoms with Gasteiger partial charge in [-0.3, -0.25) is 0 Å². The van der Waals surface area contributed by atoms with Gasteiger partial charge in [0, 0.05) is 11.9 Å². The number of hydrogen-bond acceptors (Lipinski definition) is 7. The molecule has 0 aliphatic heterocycles. The third kappa shape index (κ3) is 3.52. The summed E-state index contributed by atoms with van der Waals surface area (Å²) in [5.41, 5.74) is 0.673. The monoisotopic (exact) mass is 282 g/mol. The van der Waals surface area contributed by atoms with Gasteiger partial charge in [0.15, 0.2) is 9.84 Å². The van der Waals surface area contributed by atoms with Crippen LogP contribution in [0, 0.1) is 0 Å². The third-order valence-corrected chi connectivity index (χ3v) is 3.46. The number of nitrogens with zero attached hydrogens (tertiary/aromatic N) is 2. The Bertz CT molecular complexity index is 649. The number of sulfone groups is 1. The zero-order valence-electron chi connectivity index (χ0n) is 10.5. The Balaban J connectivity index is 2.10. The molecule has 1 aromatic carbocycles. The first-order valence-electron chi connectivity index (χ1n) is 5.53. The van der Waals surface area contributed by atoms with Crippen molar-refractivity contribution in [3.8, 4) is 0 Å². The minimum atomic E-state index is -3.18. The highest BCUT2D eigenvalue weighted by Crippen LogP contribution is 2.18. The summed E-state index contributed by atoms with van der Waals surface area (Å²) in [5.74, 6) is 0.470. The van der Waals surface area contributed by atoms with Gasteiger partial charge in [0.1, 0.15) is 0 Å². The van der Waals surface area contributed by atoms with Gasteiger partial charge >= 0.3 is 6.01 Å². The fraction of sp³-hybridized carbons (Fsp3) is 0.273. The van der Waals surface area contributed by atoms with Gasteiger partial charge in [-0.1, -0.05) is 5.10 Å². The van der Waals surface area contributed by atoms with E-state index in [0.29, 0.717) is 18.1 Å². The molecule has 1 aromatic heterocycles. The molecule has 0 fully saturated rings. The standard InChI is InChI=1S/C11H14N4O3S/c1-12-7-10-14-15-11(18-10)13-8-3-5-9(6-4-8)19(2,16)17/h3-6,12H,7H2,1-2H3,(H,13,15). The van der Waals surface area contributed by atoms with Gasteiger partial charge in [-0.15, -0.1) is 5.10 Å². The van der Waals surface area contributed by atoms with Crippen molar-refractivity contribution in [1.82, 2.24) is 15.5 Å². The molecule has 8 heteroatoms. The average molecular weight is 282 g/mol. The lowest BCUT2D eigenvalue weighted by Gasteiger charge is -2.02. The van der Waals surface area contributed by atoms with Gasteiger partial charge in [0.05, 0.1) is 11.4 Å². The lowest BCUT2D eigenvalue weighted by atomic mass is 10.3. The zero-order valence-corrected chi connectivity index (χ0v) is 11.4. The summed E-state index contributed by atoms with van der Waals surface area (Å²) in [7, 11) is -1.40. The van der Waals surface area contributed by atoms with E-state index in [4.69, 9.17) is 4.42 Å². The van der Waals surface area contributed by atoms with E-state index in [1.54, 1.807) is 19.2 Å². The molecule has 102 valence electrons. The van der Waals surface area contributed by atoms with E-state index < -0.39 is 9.84 Å². The second kappa shape index (κ2) is 5.37. The summed E-state index contributed by atoms with van der Waals surface area (Å²) >= 11 is 0. The summed E-state index contributed by atoms with van der Waals surface area (Å²) in [4.78, 5) is 0.263. The van der Waals surface area contributed by atoms with Gasteiger partial charge < -0.3 is 15.1 Å². The molecule has 0 saturated heterocycles. The van der Waals surface area contributed by atoms with Crippen molar-refractivity contribution in [3.63, 3.8) is 0 Å². The molecule has 19 heavy (non-hydrogen) atoms. The fourth-order valence-corrected chi connectivity index (χ4v) is 2.07. The lowest BCUT2D eigenvalue weighted by Crippen LogP contribution is -2.04. The summed E-state index contributed by atoms with van der Waals surface area (Å²) in [6, 6.07) is 6.57. The first kappa shape index (κ1) is 13.5. The summed E-state index contributed by atoms with van der Waals surface area (Å²) < 4.78 is 27.9. The van der Waals surface area contributed by atoms with E-state index >= 15 is 0 Å². The van der Waals surface area contributed by atoms with Gasteiger partial charge in [-0.25, -0.2) is 8.42 Å².